The summed E-state index contributed by atoms with van der Waals surface area (Å²) in [6.07, 6.45) is 0.0347. The van der Waals surface area contributed by atoms with Gasteiger partial charge in [-0.1, -0.05) is 0 Å². The van der Waals surface area contributed by atoms with E-state index < -0.39 is 6.09 Å². The number of imide groups is 1. The van der Waals surface area contributed by atoms with Crippen LogP contribution in [0.3, 0.4) is 0 Å². The van der Waals surface area contributed by atoms with Crippen LogP contribution in [0.4, 0.5) is 4.79 Å². The summed E-state index contributed by atoms with van der Waals surface area (Å²) in [6.45, 7) is -0.0237. The predicted molar refractivity (Wildman–Crippen MR) is 66.9 cm³/mol. The number of aldehydes is 1. The van der Waals surface area contributed by atoms with Crippen molar-refractivity contribution >= 4 is 18.3 Å². The lowest BCUT2D eigenvalue weighted by atomic mass is 10.2. The fourth-order valence-corrected chi connectivity index (χ4v) is 1.72. The maximum Gasteiger partial charge on any atom is 0.417 e. The molecule has 0 aliphatic carbocycles. The molecule has 0 saturated carbocycles. The van der Waals surface area contributed by atoms with Crippen molar-refractivity contribution in [3.8, 4) is 11.5 Å². The molecule has 1 fully saturated rings. The molecule has 0 aromatic heterocycles. The number of hydrogen-bond acceptors (Lipinski definition) is 6. The maximum absolute atomic E-state index is 11.3. The van der Waals surface area contributed by atoms with Crippen molar-refractivity contribution in [2.45, 2.75) is 0 Å². The number of hydrogen-bond donors (Lipinski definition) is 0. The first kappa shape index (κ1) is 13.9. The van der Waals surface area contributed by atoms with Crippen LogP contribution in [0.2, 0.25) is 0 Å². The van der Waals surface area contributed by atoms with Gasteiger partial charge >= 0.3 is 6.09 Å². The first-order chi connectivity index (χ1) is 9.65. The lowest BCUT2D eigenvalue weighted by Gasteiger charge is -2.14. The summed E-state index contributed by atoms with van der Waals surface area (Å²) in [7, 11) is 1.46. The number of amides is 2. The highest BCUT2D eigenvalue weighted by Gasteiger charge is 2.30. The topological polar surface area (TPSA) is 82.1 Å². The monoisotopic (exact) mass is 279 g/mol. The number of carbonyl (C=O) groups excluding carboxylic acids is 3. The van der Waals surface area contributed by atoms with Gasteiger partial charge in [0.1, 0.15) is 12.9 Å². The fraction of sp³-hybridized carbons (Fsp3) is 0.308. The smallest absolute Gasteiger partial charge is 0.417 e. The van der Waals surface area contributed by atoms with Crippen molar-refractivity contribution in [3.63, 3.8) is 0 Å². The first-order valence-corrected chi connectivity index (χ1v) is 5.89. The van der Waals surface area contributed by atoms with Crippen LogP contribution in [0.1, 0.15) is 10.4 Å². The molecule has 1 saturated heterocycles. The summed E-state index contributed by atoms with van der Waals surface area (Å²) in [5.74, 6) is 0.449. The molecule has 1 aliphatic heterocycles. The van der Waals surface area contributed by atoms with E-state index in [0.717, 1.165) is 4.90 Å². The molecule has 0 atom stereocenters. The Kier molecular flexibility index (Phi) is 4.19. The molecular weight excluding hydrogens is 266 g/mol. The highest BCUT2D eigenvalue weighted by atomic mass is 16.6. The van der Waals surface area contributed by atoms with Crippen molar-refractivity contribution in [2.24, 2.45) is 0 Å². The Morgan fingerprint density at radius 2 is 2.15 bits per heavy atom. The molecule has 2 amide bonds. The molecule has 20 heavy (non-hydrogen) atoms. The van der Waals surface area contributed by atoms with Crippen molar-refractivity contribution < 1.29 is 28.6 Å². The Labute approximate surface area is 115 Å². The minimum atomic E-state index is -0.665. The molecule has 1 aliphatic rings. The molecule has 7 nitrogen and oxygen atoms in total. The third kappa shape index (κ3) is 2.87. The van der Waals surface area contributed by atoms with Gasteiger partial charge in [0.15, 0.2) is 18.1 Å². The lowest BCUT2D eigenvalue weighted by molar-refractivity contribution is -0.126. The van der Waals surface area contributed by atoms with Crippen LogP contribution in [0, 0.1) is 0 Å². The van der Waals surface area contributed by atoms with E-state index in [2.05, 4.69) is 4.74 Å². The maximum atomic E-state index is 11.3. The Balaban J connectivity index is 1.95. The van der Waals surface area contributed by atoms with Crippen molar-refractivity contribution in [2.75, 3.05) is 26.9 Å². The minimum absolute atomic E-state index is 0.0935. The van der Waals surface area contributed by atoms with Crippen LogP contribution in [0.15, 0.2) is 18.2 Å². The highest BCUT2D eigenvalue weighted by Crippen LogP contribution is 2.27. The normalized spacial score (nSPS) is 14.2. The molecule has 106 valence electrons. The minimum Gasteiger partial charge on any atom is -0.493 e. The zero-order valence-electron chi connectivity index (χ0n) is 10.8. The number of benzene rings is 1. The van der Waals surface area contributed by atoms with Crippen molar-refractivity contribution in [3.05, 3.63) is 23.8 Å². The predicted octanol–water partition coefficient (Wildman–Crippen LogP) is 0.865. The molecule has 0 N–H and O–H groups in total. The zero-order chi connectivity index (χ0) is 14.5. The van der Waals surface area contributed by atoms with E-state index >= 15 is 0 Å². The molecule has 0 radical (unpaired) electrons. The summed E-state index contributed by atoms with van der Waals surface area (Å²) in [5, 5.41) is 0. The third-order valence-electron chi connectivity index (χ3n) is 2.74. The molecule has 1 aromatic carbocycles. The second kappa shape index (κ2) is 6.05. The molecule has 0 unspecified atom stereocenters. The van der Waals surface area contributed by atoms with Gasteiger partial charge in [-0.05, 0) is 18.2 Å². The second-order valence-electron chi connectivity index (χ2n) is 3.98. The van der Waals surface area contributed by atoms with Gasteiger partial charge < -0.3 is 14.2 Å². The van der Waals surface area contributed by atoms with Crippen LogP contribution >= 0.6 is 0 Å². The van der Waals surface area contributed by atoms with Gasteiger partial charge in [-0.2, -0.15) is 0 Å². The Morgan fingerprint density at radius 1 is 1.35 bits per heavy atom. The molecule has 1 aromatic rings. The van der Waals surface area contributed by atoms with E-state index in [1.807, 2.05) is 0 Å². The van der Waals surface area contributed by atoms with Crippen LogP contribution in [0.5, 0.6) is 11.5 Å². The van der Waals surface area contributed by atoms with Gasteiger partial charge in [0.05, 0.1) is 13.7 Å². The van der Waals surface area contributed by atoms with E-state index in [1.165, 1.54) is 13.2 Å². The molecule has 2 rings (SSSR count). The molecule has 0 spiro atoms. The quantitative estimate of drug-likeness (QED) is 0.718. The van der Waals surface area contributed by atoms with E-state index in [0.29, 0.717) is 23.3 Å². The summed E-state index contributed by atoms with van der Waals surface area (Å²) < 4.78 is 15.1. The van der Waals surface area contributed by atoms with E-state index in [-0.39, 0.29) is 25.7 Å². The average molecular weight is 279 g/mol. The van der Waals surface area contributed by atoms with Crippen molar-refractivity contribution in [1.29, 1.82) is 0 Å². The van der Waals surface area contributed by atoms with Gasteiger partial charge in [-0.15, -0.1) is 0 Å². The van der Waals surface area contributed by atoms with Crippen LogP contribution in [-0.2, 0) is 9.53 Å². The van der Waals surface area contributed by atoms with E-state index in [4.69, 9.17) is 9.47 Å². The van der Waals surface area contributed by atoms with Gasteiger partial charge in [0.25, 0.3) is 5.91 Å². The third-order valence-corrected chi connectivity index (χ3v) is 2.74. The number of nitrogens with zero attached hydrogens (tertiary/aromatic N) is 1. The Hall–Kier alpha value is -2.57. The van der Waals surface area contributed by atoms with Gasteiger partial charge in [-0.25, -0.2) is 9.69 Å². The average Bonchev–Trinajstić information content (AvgIpc) is 2.79. The highest BCUT2D eigenvalue weighted by molar-refractivity contribution is 5.97. The van der Waals surface area contributed by atoms with Crippen LogP contribution in [-0.4, -0.2) is 50.1 Å². The molecule has 0 bridgehead atoms. The molecule has 7 heteroatoms. The number of ether oxygens (including phenoxy) is 3. The number of rotatable bonds is 6. The van der Waals surface area contributed by atoms with Gasteiger partial charge in [0, 0.05) is 5.56 Å². The summed E-state index contributed by atoms with van der Waals surface area (Å²) >= 11 is 0. The summed E-state index contributed by atoms with van der Waals surface area (Å²) in [4.78, 5) is 34.1. The number of methoxy groups -OCH3 is 1. The summed E-state index contributed by atoms with van der Waals surface area (Å²) in [6, 6.07) is 4.71. The van der Waals surface area contributed by atoms with E-state index in [1.54, 1.807) is 12.1 Å². The SMILES string of the molecule is COc1cc(C=O)ccc1OCCN1C(=O)COC1=O. The Bertz CT molecular complexity index is 526. The lowest BCUT2D eigenvalue weighted by Crippen LogP contribution is -2.33. The fourth-order valence-electron chi connectivity index (χ4n) is 1.72. The van der Waals surface area contributed by atoms with Gasteiger partial charge in [-0.3, -0.25) is 9.59 Å². The molecular formula is C13H13NO6. The Morgan fingerprint density at radius 3 is 2.75 bits per heavy atom. The van der Waals surface area contributed by atoms with Crippen LogP contribution in [0.25, 0.3) is 0 Å². The number of carbonyl (C=O) groups is 3. The summed E-state index contributed by atoms with van der Waals surface area (Å²) in [5.41, 5.74) is 0.465. The molecule has 1 heterocycles. The zero-order valence-corrected chi connectivity index (χ0v) is 10.8. The first-order valence-electron chi connectivity index (χ1n) is 5.89. The van der Waals surface area contributed by atoms with E-state index in [9.17, 15) is 14.4 Å². The van der Waals surface area contributed by atoms with Crippen LogP contribution < -0.4 is 9.47 Å². The number of cyclic esters (lactones) is 1. The standard InChI is InChI=1S/C13H13NO6/c1-18-11-6-9(7-15)2-3-10(11)19-5-4-14-12(16)8-20-13(14)17/h2-3,6-7H,4-5,8H2,1H3. The van der Waals surface area contributed by atoms with Crippen molar-refractivity contribution in [1.82, 2.24) is 4.90 Å². The van der Waals surface area contributed by atoms with Gasteiger partial charge in [0.2, 0.25) is 0 Å². The second-order valence-corrected chi connectivity index (χ2v) is 3.98. The largest absolute Gasteiger partial charge is 0.493 e.